The number of ketones is 1. The van der Waals surface area contributed by atoms with Crippen LogP contribution in [0.25, 0.3) is 0 Å². The number of carbonyl (C=O) groups is 1. The van der Waals surface area contributed by atoms with Gasteiger partial charge in [0, 0.05) is 31.3 Å². The van der Waals surface area contributed by atoms with Crippen LogP contribution in [0.15, 0.2) is 18.3 Å². The van der Waals surface area contributed by atoms with Gasteiger partial charge in [0.05, 0.1) is 33.0 Å². The number of pyridine rings is 1. The number of anilines is 1. The van der Waals surface area contributed by atoms with Crippen molar-refractivity contribution in [3.8, 4) is 0 Å². The van der Waals surface area contributed by atoms with Crippen molar-refractivity contribution in [3.05, 3.63) is 23.9 Å². The molecule has 1 N–H and O–H groups in total. The Morgan fingerprint density at radius 3 is 2.45 bits per heavy atom. The van der Waals surface area contributed by atoms with E-state index in [9.17, 15) is 4.79 Å². The van der Waals surface area contributed by atoms with E-state index in [0.29, 0.717) is 64.0 Å². The zero-order valence-electron chi connectivity index (χ0n) is 13.5. The number of nitrogens with one attached hydrogen (secondary N) is 1. The van der Waals surface area contributed by atoms with E-state index in [1.54, 1.807) is 18.3 Å². The third-order valence-electron chi connectivity index (χ3n) is 2.90. The molecular formula is C16H26N2O4. The van der Waals surface area contributed by atoms with Crippen LogP contribution in [0.3, 0.4) is 0 Å². The lowest BCUT2D eigenvalue weighted by molar-refractivity contribution is 0.0189. The Morgan fingerprint density at radius 1 is 1.09 bits per heavy atom. The standard InChI is InChI=1S/C16H26N2O4/c1-3-15(19)14-5-6-17-16(13-14)18-7-8-21-11-12-22-10-9-20-4-2/h5-6,13H,3-4,7-12H2,1-2H3,(H,17,18). The van der Waals surface area contributed by atoms with Gasteiger partial charge in [0.1, 0.15) is 5.82 Å². The number of Topliss-reactive ketones (excluding diaryl/α,β-unsaturated/α-hetero) is 1. The average Bonchev–Trinajstić information content (AvgIpc) is 2.56. The van der Waals surface area contributed by atoms with Crippen LogP contribution in [-0.4, -0.2) is 57.0 Å². The molecule has 1 heterocycles. The Balaban J connectivity index is 2.06. The number of hydrogen-bond acceptors (Lipinski definition) is 6. The van der Waals surface area contributed by atoms with Gasteiger partial charge in [0.2, 0.25) is 0 Å². The van der Waals surface area contributed by atoms with Gasteiger partial charge in [-0.1, -0.05) is 6.92 Å². The minimum Gasteiger partial charge on any atom is -0.379 e. The van der Waals surface area contributed by atoms with Crippen LogP contribution < -0.4 is 5.32 Å². The summed E-state index contributed by atoms with van der Waals surface area (Å²) in [6.45, 7) is 8.04. The van der Waals surface area contributed by atoms with Crippen LogP contribution >= 0.6 is 0 Å². The minimum atomic E-state index is 0.117. The lowest BCUT2D eigenvalue weighted by Gasteiger charge is -2.08. The fourth-order valence-electron chi connectivity index (χ4n) is 1.74. The molecule has 6 heteroatoms. The van der Waals surface area contributed by atoms with E-state index >= 15 is 0 Å². The second kappa shape index (κ2) is 12.1. The molecule has 0 amide bonds. The van der Waals surface area contributed by atoms with Crippen LogP contribution in [0.2, 0.25) is 0 Å². The van der Waals surface area contributed by atoms with Crippen molar-refractivity contribution in [1.29, 1.82) is 0 Å². The molecule has 0 radical (unpaired) electrons. The molecular weight excluding hydrogens is 284 g/mol. The van der Waals surface area contributed by atoms with Gasteiger partial charge in [-0.25, -0.2) is 4.98 Å². The van der Waals surface area contributed by atoms with Crippen LogP contribution in [0.4, 0.5) is 5.82 Å². The van der Waals surface area contributed by atoms with Gasteiger partial charge in [0.25, 0.3) is 0 Å². The topological polar surface area (TPSA) is 69.7 Å². The highest BCUT2D eigenvalue weighted by molar-refractivity contribution is 5.96. The molecule has 1 aromatic heterocycles. The number of aromatic nitrogens is 1. The van der Waals surface area contributed by atoms with E-state index in [2.05, 4.69) is 10.3 Å². The maximum Gasteiger partial charge on any atom is 0.162 e. The predicted octanol–water partition coefficient (Wildman–Crippen LogP) is 2.16. The van der Waals surface area contributed by atoms with Gasteiger partial charge in [-0.05, 0) is 19.1 Å². The van der Waals surface area contributed by atoms with Crippen LogP contribution in [0.1, 0.15) is 30.6 Å². The minimum absolute atomic E-state index is 0.117. The summed E-state index contributed by atoms with van der Waals surface area (Å²) >= 11 is 0. The number of hydrogen-bond donors (Lipinski definition) is 1. The van der Waals surface area contributed by atoms with Crippen molar-refractivity contribution in [2.75, 3.05) is 51.5 Å². The van der Waals surface area contributed by atoms with Crippen molar-refractivity contribution in [2.45, 2.75) is 20.3 Å². The second-order valence-corrected chi connectivity index (χ2v) is 4.55. The van der Waals surface area contributed by atoms with E-state index < -0.39 is 0 Å². The van der Waals surface area contributed by atoms with Gasteiger partial charge in [-0.15, -0.1) is 0 Å². The van der Waals surface area contributed by atoms with E-state index in [0.717, 1.165) is 0 Å². The van der Waals surface area contributed by atoms with Gasteiger partial charge < -0.3 is 19.5 Å². The van der Waals surface area contributed by atoms with E-state index in [4.69, 9.17) is 14.2 Å². The van der Waals surface area contributed by atoms with Gasteiger partial charge >= 0.3 is 0 Å². The molecule has 0 aliphatic rings. The van der Waals surface area contributed by atoms with Crippen molar-refractivity contribution >= 4 is 11.6 Å². The first-order valence-electron chi connectivity index (χ1n) is 7.74. The van der Waals surface area contributed by atoms with Gasteiger partial charge in [0.15, 0.2) is 5.78 Å². The number of rotatable bonds is 13. The third kappa shape index (κ3) is 8.07. The first-order chi connectivity index (χ1) is 10.8. The fraction of sp³-hybridized carbons (Fsp3) is 0.625. The maximum absolute atomic E-state index is 11.6. The highest BCUT2D eigenvalue weighted by Crippen LogP contribution is 2.08. The molecule has 0 aliphatic heterocycles. The molecule has 0 spiro atoms. The number of nitrogens with zero attached hydrogens (tertiary/aromatic N) is 1. The Morgan fingerprint density at radius 2 is 1.77 bits per heavy atom. The quantitative estimate of drug-likeness (QED) is 0.445. The zero-order valence-corrected chi connectivity index (χ0v) is 13.5. The average molecular weight is 310 g/mol. The summed E-state index contributed by atoms with van der Waals surface area (Å²) in [5.74, 6) is 0.807. The van der Waals surface area contributed by atoms with Crippen molar-refractivity contribution in [3.63, 3.8) is 0 Å². The Hall–Kier alpha value is -1.50. The summed E-state index contributed by atoms with van der Waals surface area (Å²) < 4.78 is 15.9. The molecule has 22 heavy (non-hydrogen) atoms. The molecule has 0 unspecified atom stereocenters. The first-order valence-corrected chi connectivity index (χ1v) is 7.74. The normalized spacial score (nSPS) is 10.6. The first kappa shape index (κ1) is 18.5. The summed E-state index contributed by atoms with van der Waals surface area (Å²) in [4.78, 5) is 15.8. The monoisotopic (exact) mass is 310 g/mol. The summed E-state index contributed by atoms with van der Waals surface area (Å²) in [6, 6.07) is 3.50. The molecule has 1 rings (SSSR count). The van der Waals surface area contributed by atoms with Gasteiger partial charge in [-0.3, -0.25) is 4.79 Å². The lowest BCUT2D eigenvalue weighted by atomic mass is 10.1. The maximum atomic E-state index is 11.6. The number of carbonyl (C=O) groups excluding carboxylic acids is 1. The summed E-state index contributed by atoms with van der Waals surface area (Å²) in [6.07, 6.45) is 2.13. The smallest absolute Gasteiger partial charge is 0.162 e. The van der Waals surface area contributed by atoms with Crippen molar-refractivity contribution < 1.29 is 19.0 Å². The Labute approximate surface area is 132 Å². The molecule has 0 fully saturated rings. The van der Waals surface area contributed by atoms with Gasteiger partial charge in [-0.2, -0.15) is 0 Å². The molecule has 0 saturated carbocycles. The van der Waals surface area contributed by atoms with Crippen molar-refractivity contribution in [1.82, 2.24) is 4.98 Å². The highest BCUT2D eigenvalue weighted by Gasteiger charge is 2.04. The van der Waals surface area contributed by atoms with E-state index in [1.807, 2.05) is 13.8 Å². The summed E-state index contributed by atoms with van der Waals surface area (Å²) in [5, 5.41) is 3.13. The van der Waals surface area contributed by atoms with Crippen LogP contribution in [0, 0.1) is 0 Å². The molecule has 1 aromatic rings. The fourth-order valence-corrected chi connectivity index (χ4v) is 1.74. The van der Waals surface area contributed by atoms with Crippen LogP contribution in [-0.2, 0) is 14.2 Å². The summed E-state index contributed by atoms with van der Waals surface area (Å²) in [5.41, 5.74) is 0.684. The zero-order chi connectivity index (χ0) is 16.0. The lowest BCUT2D eigenvalue weighted by Crippen LogP contribution is -2.14. The molecule has 124 valence electrons. The third-order valence-corrected chi connectivity index (χ3v) is 2.90. The molecule has 0 saturated heterocycles. The summed E-state index contributed by atoms with van der Waals surface area (Å²) in [7, 11) is 0. The Bertz CT molecular complexity index is 426. The van der Waals surface area contributed by atoms with Crippen molar-refractivity contribution in [2.24, 2.45) is 0 Å². The molecule has 0 bridgehead atoms. The molecule has 0 aliphatic carbocycles. The Kier molecular flexibility index (Phi) is 10.2. The SMILES string of the molecule is CCOCCOCCOCCNc1cc(C(=O)CC)ccn1. The molecule has 0 aromatic carbocycles. The number of ether oxygens (including phenoxy) is 3. The molecule has 6 nitrogen and oxygen atoms in total. The largest absolute Gasteiger partial charge is 0.379 e. The van der Waals surface area contributed by atoms with Crippen LogP contribution in [0.5, 0.6) is 0 Å². The predicted molar refractivity (Wildman–Crippen MR) is 85.5 cm³/mol. The van der Waals surface area contributed by atoms with E-state index in [-0.39, 0.29) is 5.78 Å². The molecule has 0 atom stereocenters. The second-order valence-electron chi connectivity index (χ2n) is 4.55. The highest BCUT2D eigenvalue weighted by atomic mass is 16.5. The van der Waals surface area contributed by atoms with E-state index in [1.165, 1.54) is 0 Å².